The van der Waals surface area contributed by atoms with Crippen molar-refractivity contribution in [1.82, 2.24) is 5.32 Å². The highest BCUT2D eigenvalue weighted by molar-refractivity contribution is 6.43. The summed E-state index contributed by atoms with van der Waals surface area (Å²) in [5, 5.41) is 11.4. The Morgan fingerprint density at radius 3 is 2.46 bits per heavy atom. The Hall–Kier alpha value is -1.84. The number of hydrogen-bond acceptors (Lipinski definition) is 3. The first kappa shape index (κ1) is 9.25. The van der Waals surface area contributed by atoms with Crippen LogP contribution in [0.3, 0.4) is 0 Å². The van der Waals surface area contributed by atoms with E-state index in [-0.39, 0.29) is 11.3 Å². The molecule has 0 fully saturated rings. The molecule has 0 aliphatic rings. The van der Waals surface area contributed by atoms with Gasteiger partial charge < -0.3 is 10.4 Å². The number of para-hydroxylation sites is 1. The number of rotatable bonds is 2. The fourth-order valence-electron chi connectivity index (χ4n) is 0.901. The minimum Gasteiger partial charge on any atom is -0.507 e. The number of benzene rings is 1. The van der Waals surface area contributed by atoms with Crippen molar-refractivity contribution in [2.45, 2.75) is 0 Å². The Kier molecular flexibility index (Phi) is 2.64. The first-order valence-corrected chi connectivity index (χ1v) is 3.71. The molecule has 13 heavy (non-hydrogen) atoms. The second kappa shape index (κ2) is 3.71. The van der Waals surface area contributed by atoms with Gasteiger partial charge in [-0.15, -0.1) is 0 Å². The van der Waals surface area contributed by atoms with Crippen molar-refractivity contribution < 1.29 is 14.7 Å². The molecule has 0 heterocycles. The van der Waals surface area contributed by atoms with Crippen LogP contribution in [0.1, 0.15) is 10.4 Å². The van der Waals surface area contributed by atoms with E-state index < -0.39 is 11.7 Å². The van der Waals surface area contributed by atoms with E-state index in [9.17, 15) is 14.7 Å². The lowest BCUT2D eigenvalue weighted by atomic mass is 10.1. The maximum absolute atomic E-state index is 11.2. The van der Waals surface area contributed by atoms with Crippen LogP contribution in [0.2, 0.25) is 0 Å². The van der Waals surface area contributed by atoms with Gasteiger partial charge in [-0.25, -0.2) is 0 Å². The third-order valence-electron chi connectivity index (χ3n) is 1.58. The summed E-state index contributed by atoms with van der Waals surface area (Å²) in [4.78, 5) is 22.1. The first-order valence-electron chi connectivity index (χ1n) is 3.71. The zero-order valence-electron chi connectivity index (χ0n) is 7.07. The van der Waals surface area contributed by atoms with Crippen LogP contribution < -0.4 is 5.32 Å². The predicted molar refractivity (Wildman–Crippen MR) is 46.5 cm³/mol. The summed E-state index contributed by atoms with van der Waals surface area (Å²) in [6.07, 6.45) is 0. The van der Waals surface area contributed by atoms with Gasteiger partial charge in [-0.3, -0.25) is 9.59 Å². The molecular weight excluding hydrogens is 170 g/mol. The van der Waals surface area contributed by atoms with Crippen molar-refractivity contribution in [3.63, 3.8) is 0 Å². The fourth-order valence-corrected chi connectivity index (χ4v) is 0.901. The van der Waals surface area contributed by atoms with Crippen molar-refractivity contribution in [2.24, 2.45) is 0 Å². The summed E-state index contributed by atoms with van der Waals surface area (Å²) >= 11 is 0. The second-order valence-corrected chi connectivity index (χ2v) is 2.43. The van der Waals surface area contributed by atoms with Gasteiger partial charge >= 0.3 is 0 Å². The van der Waals surface area contributed by atoms with Crippen LogP contribution in [0.4, 0.5) is 0 Å². The zero-order chi connectivity index (χ0) is 9.84. The molecule has 4 heteroatoms. The molecule has 68 valence electrons. The molecule has 1 aromatic carbocycles. The van der Waals surface area contributed by atoms with E-state index in [1.165, 1.54) is 19.2 Å². The molecule has 0 unspecified atom stereocenters. The molecule has 1 aromatic rings. The van der Waals surface area contributed by atoms with Gasteiger partial charge in [-0.05, 0) is 12.1 Å². The second-order valence-electron chi connectivity index (χ2n) is 2.43. The number of Topliss-reactive ketones (excluding diaryl/α,β-unsaturated/α-hetero) is 1. The van der Waals surface area contributed by atoms with E-state index in [0.29, 0.717) is 0 Å². The molecular formula is C9H9NO3. The lowest BCUT2D eigenvalue weighted by Gasteiger charge is -2.00. The highest BCUT2D eigenvalue weighted by Crippen LogP contribution is 2.15. The maximum atomic E-state index is 11.2. The standard InChI is InChI=1S/C9H9NO3/c1-10-9(13)8(12)6-4-2-3-5-7(6)11/h2-5,11H,1H3,(H,10,13). The van der Waals surface area contributed by atoms with E-state index in [2.05, 4.69) is 5.32 Å². The molecule has 2 N–H and O–H groups in total. The van der Waals surface area contributed by atoms with Gasteiger partial charge in [0, 0.05) is 7.05 Å². The van der Waals surface area contributed by atoms with Crippen molar-refractivity contribution in [1.29, 1.82) is 0 Å². The largest absolute Gasteiger partial charge is 0.507 e. The minimum atomic E-state index is -0.736. The van der Waals surface area contributed by atoms with Crippen LogP contribution in [-0.4, -0.2) is 23.8 Å². The number of ketones is 1. The molecule has 1 rings (SSSR count). The topological polar surface area (TPSA) is 66.4 Å². The van der Waals surface area contributed by atoms with Gasteiger partial charge in [0.05, 0.1) is 5.56 Å². The Morgan fingerprint density at radius 1 is 1.31 bits per heavy atom. The molecule has 0 bridgehead atoms. The quantitative estimate of drug-likeness (QED) is 0.507. The van der Waals surface area contributed by atoms with Crippen LogP contribution in [0.5, 0.6) is 5.75 Å². The number of carbonyl (C=O) groups is 2. The molecule has 0 saturated carbocycles. The Bertz CT molecular complexity index is 346. The Labute approximate surface area is 75.2 Å². The zero-order valence-corrected chi connectivity index (χ0v) is 7.07. The predicted octanol–water partition coefficient (Wildman–Crippen LogP) is 0.321. The van der Waals surface area contributed by atoms with Gasteiger partial charge in [0.25, 0.3) is 11.7 Å². The number of likely N-dealkylation sites (N-methyl/N-ethyl adjacent to an activating group) is 1. The molecule has 0 atom stereocenters. The third kappa shape index (κ3) is 1.84. The van der Waals surface area contributed by atoms with Crippen LogP contribution in [-0.2, 0) is 4.79 Å². The SMILES string of the molecule is CNC(=O)C(=O)c1ccccc1O. The van der Waals surface area contributed by atoms with Crippen molar-refractivity contribution in [2.75, 3.05) is 7.05 Å². The average Bonchev–Trinajstić information content (AvgIpc) is 2.16. The summed E-state index contributed by atoms with van der Waals surface area (Å²) in [5.41, 5.74) is 0.0156. The number of amides is 1. The highest BCUT2D eigenvalue weighted by atomic mass is 16.3. The number of phenols is 1. The van der Waals surface area contributed by atoms with Gasteiger partial charge in [0.2, 0.25) is 0 Å². The lowest BCUT2D eigenvalue weighted by molar-refractivity contribution is -0.116. The van der Waals surface area contributed by atoms with Gasteiger partial charge in [0.15, 0.2) is 0 Å². The van der Waals surface area contributed by atoms with Crippen molar-refractivity contribution >= 4 is 11.7 Å². The minimum absolute atomic E-state index is 0.0156. The van der Waals surface area contributed by atoms with Gasteiger partial charge in [0.1, 0.15) is 5.75 Å². The smallest absolute Gasteiger partial charge is 0.292 e. The van der Waals surface area contributed by atoms with Gasteiger partial charge in [-0.2, -0.15) is 0 Å². The number of aromatic hydroxyl groups is 1. The summed E-state index contributed by atoms with van der Waals surface area (Å²) in [5.74, 6) is -1.65. The van der Waals surface area contributed by atoms with E-state index >= 15 is 0 Å². The van der Waals surface area contributed by atoms with Crippen LogP contribution >= 0.6 is 0 Å². The Morgan fingerprint density at radius 2 is 1.92 bits per heavy atom. The normalized spacial score (nSPS) is 9.31. The third-order valence-corrected chi connectivity index (χ3v) is 1.58. The fraction of sp³-hybridized carbons (Fsp3) is 0.111. The molecule has 0 radical (unpaired) electrons. The van der Waals surface area contributed by atoms with Gasteiger partial charge in [-0.1, -0.05) is 12.1 Å². The highest BCUT2D eigenvalue weighted by Gasteiger charge is 2.16. The van der Waals surface area contributed by atoms with E-state index in [0.717, 1.165) is 0 Å². The van der Waals surface area contributed by atoms with Crippen molar-refractivity contribution in [3.8, 4) is 5.75 Å². The molecule has 0 spiro atoms. The number of carbonyl (C=O) groups excluding carboxylic acids is 2. The summed E-state index contributed by atoms with van der Waals surface area (Å²) < 4.78 is 0. The number of nitrogens with one attached hydrogen (secondary N) is 1. The maximum Gasteiger partial charge on any atom is 0.292 e. The summed E-state index contributed by atoms with van der Waals surface area (Å²) in [6.45, 7) is 0. The van der Waals surface area contributed by atoms with E-state index in [4.69, 9.17) is 0 Å². The molecule has 4 nitrogen and oxygen atoms in total. The van der Waals surface area contributed by atoms with E-state index in [1.807, 2.05) is 0 Å². The molecule has 1 amide bonds. The first-order chi connectivity index (χ1) is 6.16. The molecule has 0 aliphatic heterocycles. The van der Waals surface area contributed by atoms with Crippen LogP contribution in [0.15, 0.2) is 24.3 Å². The molecule has 0 saturated heterocycles. The van der Waals surface area contributed by atoms with E-state index in [1.54, 1.807) is 12.1 Å². The molecule has 0 aromatic heterocycles. The average molecular weight is 179 g/mol. The summed E-state index contributed by atoms with van der Waals surface area (Å²) in [6, 6.07) is 5.91. The number of hydrogen-bond donors (Lipinski definition) is 2. The Balaban J connectivity index is 3.02. The number of phenolic OH excluding ortho intramolecular Hbond substituents is 1. The molecule has 0 aliphatic carbocycles. The summed E-state index contributed by atoms with van der Waals surface area (Å²) in [7, 11) is 1.36. The van der Waals surface area contributed by atoms with Crippen LogP contribution in [0, 0.1) is 0 Å². The van der Waals surface area contributed by atoms with Crippen molar-refractivity contribution in [3.05, 3.63) is 29.8 Å². The lowest BCUT2D eigenvalue weighted by Crippen LogP contribution is -2.27. The van der Waals surface area contributed by atoms with Crippen LogP contribution in [0.25, 0.3) is 0 Å². The monoisotopic (exact) mass is 179 g/mol.